The van der Waals surface area contributed by atoms with E-state index in [0.29, 0.717) is 6.04 Å². The van der Waals surface area contributed by atoms with Crippen LogP contribution in [0.1, 0.15) is 26.3 Å². The summed E-state index contributed by atoms with van der Waals surface area (Å²) < 4.78 is 5.35. The summed E-state index contributed by atoms with van der Waals surface area (Å²) in [6.45, 7) is 9.26. The Hall–Kier alpha value is -0.970. The first-order valence-corrected chi connectivity index (χ1v) is 7.25. The first kappa shape index (κ1) is 17.1. The number of aromatic nitrogens is 1. The molecule has 4 nitrogen and oxygen atoms in total. The maximum atomic E-state index is 5.35. The standard InChI is InChI=1S/C16H29N3O/c1-16(2,3)18-12-15(13-20-5)19(4)11-8-14-6-9-17-10-7-14/h6-7,9-10,15,18H,8,11-13H2,1-5H3. The average molecular weight is 279 g/mol. The van der Waals surface area contributed by atoms with Crippen molar-refractivity contribution in [2.45, 2.75) is 38.8 Å². The SMILES string of the molecule is COCC(CNC(C)(C)C)N(C)CCc1ccncc1. The normalized spacial score (nSPS) is 13.7. The molecule has 0 spiro atoms. The molecule has 0 amide bonds. The summed E-state index contributed by atoms with van der Waals surface area (Å²) >= 11 is 0. The second-order valence-corrected chi connectivity index (χ2v) is 6.33. The summed E-state index contributed by atoms with van der Waals surface area (Å²) in [7, 11) is 3.93. The van der Waals surface area contributed by atoms with Gasteiger partial charge in [-0.15, -0.1) is 0 Å². The summed E-state index contributed by atoms with van der Waals surface area (Å²) in [6.07, 6.45) is 4.74. The third-order valence-electron chi connectivity index (χ3n) is 3.35. The number of hydrogen-bond acceptors (Lipinski definition) is 4. The van der Waals surface area contributed by atoms with Gasteiger partial charge in [-0.05, 0) is 51.9 Å². The molecule has 0 aliphatic carbocycles. The lowest BCUT2D eigenvalue weighted by Gasteiger charge is -2.31. The predicted molar refractivity (Wildman–Crippen MR) is 84.0 cm³/mol. The van der Waals surface area contributed by atoms with Crippen molar-refractivity contribution in [3.8, 4) is 0 Å². The van der Waals surface area contributed by atoms with Crippen LogP contribution < -0.4 is 5.32 Å². The number of hydrogen-bond donors (Lipinski definition) is 1. The minimum atomic E-state index is 0.137. The highest BCUT2D eigenvalue weighted by Gasteiger charge is 2.17. The van der Waals surface area contributed by atoms with Crippen molar-refractivity contribution in [3.63, 3.8) is 0 Å². The summed E-state index contributed by atoms with van der Waals surface area (Å²) in [5.41, 5.74) is 1.46. The van der Waals surface area contributed by atoms with E-state index in [1.807, 2.05) is 12.4 Å². The van der Waals surface area contributed by atoms with E-state index in [1.54, 1.807) is 7.11 Å². The van der Waals surface area contributed by atoms with Crippen LogP contribution in [0.5, 0.6) is 0 Å². The molecule has 4 heteroatoms. The molecule has 1 atom stereocenters. The fourth-order valence-electron chi connectivity index (χ4n) is 2.00. The van der Waals surface area contributed by atoms with Crippen molar-refractivity contribution < 1.29 is 4.74 Å². The summed E-state index contributed by atoms with van der Waals surface area (Å²) in [5, 5.41) is 3.55. The molecule has 0 saturated carbocycles. The fraction of sp³-hybridized carbons (Fsp3) is 0.688. The Labute approximate surface area is 123 Å². The van der Waals surface area contributed by atoms with Crippen molar-refractivity contribution in [1.82, 2.24) is 15.2 Å². The van der Waals surface area contributed by atoms with Gasteiger partial charge in [0.15, 0.2) is 0 Å². The highest BCUT2D eigenvalue weighted by atomic mass is 16.5. The van der Waals surface area contributed by atoms with Gasteiger partial charge in [0.2, 0.25) is 0 Å². The van der Waals surface area contributed by atoms with E-state index in [1.165, 1.54) is 5.56 Å². The molecule has 1 rings (SSSR count). The summed E-state index contributed by atoms with van der Waals surface area (Å²) in [6, 6.07) is 4.54. The smallest absolute Gasteiger partial charge is 0.0630 e. The second-order valence-electron chi connectivity index (χ2n) is 6.33. The Morgan fingerprint density at radius 2 is 1.95 bits per heavy atom. The fourth-order valence-corrected chi connectivity index (χ4v) is 2.00. The predicted octanol–water partition coefficient (Wildman–Crippen LogP) is 1.96. The lowest BCUT2D eigenvalue weighted by molar-refractivity contribution is 0.102. The van der Waals surface area contributed by atoms with Crippen molar-refractivity contribution in [2.24, 2.45) is 0 Å². The van der Waals surface area contributed by atoms with E-state index in [2.05, 4.69) is 55.2 Å². The van der Waals surface area contributed by atoms with Gasteiger partial charge in [0, 0.05) is 44.2 Å². The highest BCUT2D eigenvalue weighted by molar-refractivity contribution is 5.09. The average Bonchev–Trinajstić information content (AvgIpc) is 2.41. The molecule has 1 aromatic rings. The molecular weight excluding hydrogens is 250 g/mol. The first-order valence-electron chi connectivity index (χ1n) is 7.25. The summed E-state index contributed by atoms with van der Waals surface area (Å²) in [5.74, 6) is 0. The van der Waals surface area contributed by atoms with E-state index in [-0.39, 0.29) is 5.54 Å². The van der Waals surface area contributed by atoms with Crippen molar-refractivity contribution in [3.05, 3.63) is 30.1 Å². The lowest BCUT2D eigenvalue weighted by Crippen LogP contribution is -2.48. The quantitative estimate of drug-likeness (QED) is 0.789. The molecule has 1 aromatic heterocycles. The number of nitrogens with zero attached hydrogens (tertiary/aromatic N) is 2. The minimum Gasteiger partial charge on any atom is -0.383 e. The van der Waals surface area contributed by atoms with Gasteiger partial charge in [-0.25, -0.2) is 0 Å². The van der Waals surface area contributed by atoms with Crippen LogP contribution in [-0.2, 0) is 11.2 Å². The molecule has 20 heavy (non-hydrogen) atoms. The summed E-state index contributed by atoms with van der Waals surface area (Å²) in [4.78, 5) is 6.41. The molecule has 1 unspecified atom stereocenters. The Bertz CT molecular complexity index is 362. The molecule has 1 heterocycles. The Kier molecular flexibility index (Phi) is 7.13. The first-order chi connectivity index (χ1) is 9.42. The zero-order valence-corrected chi connectivity index (χ0v) is 13.5. The molecule has 0 saturated heterocycles. The molecule has 0 aromatic carbocycles. The third-order valence-corrected chi connectivity index (χ3v) is 3.35. The zero-order valence-electron chi connectivity index (χ0n) is 13.5. The minimum absolute atomic E-state index is 0.137. The van der Waals surface area contributed by atoms with E-state index >= 15 is 0 Å². The molecule has 1 N–H and O–H groups in total. The Balaban J connectivity index is 2.44. The Morgan fingerprint density at radius 1 is 1.30 bits per heavy atom. The van der Waals surface area contributed by atoms with Crippen LogP contribution in [0.4, 0.5) is 0 Å². The largest absolute Gasteiger partial charge is 0.383 e. The molecule has 0 aliphatic rings. The molecule has 0 radical (unpaired) electrons. The molecule has 0 aliphatic heterocycles. The van der Waals surface area contributed by atoms with E-state index in [0.717, 1.165) is 26.1 Å². The maximum Gasteiger partial charge on any atom is 0.0630 e. The van der Waals surface area contributed by atoms with Gasteiger partial charge in [-0.2, -0.15) is 0 Å². The number of likely N-dealkylation sites (N-methyl/N-ethyl adjacent to an activating group) is 1. The van der Waals surface area contributed by atoms with E-state index in [9.17, 15) is 0 Å². The van der Waals surface area contributed by atoms with Crippen LogP contribution in [0.15, 0.2) is 24.5 Å². The van der Waals surface area contributed by atoms with E-state index < -0.39 is 0 Å². The number of nitrogens with one attached hydrogen (secondary N) is 1. The Morgan fingerprint density at radius 3 is 2.50 bits per heavy atom. The van der Waals surface area contributed by atoms with Gasteiger partial charge in [0.1, 0.15) is 0 Å². The topological polar surface area (TPSA) is 37.4 Å². The number of ether oxygens (including phenoxy) is 1. The molecular formula is C16H29N3O. The van der Waals surface area contributed by atoms with Gasteiger partial charge in [-0.3, -0.25) is 9.88 Å². The number of methoxy groups -OCH3 is 1. The van der Waals surface area contributed by atoms with Gasteiger partial charge >= 0.3 is 0 Å². The zero-order chi connectivity index (χ0) is 15.0. The number of pyridine rings is 1. The monoisotopic (exact) mass is 279 g/mol. The third kappa shape index (κ3) is 6.98. The number of rotatable bonds is 8. The molecule has 0 bridgehead atoms. The van der Waals surface area contributed by atoms with E-state index in [4.69, 9.17) is 4.74 Å². The van der Waals surface area contributed by atoms with Crippen LogP contribution in [0.2, 0.25) is 0 Å². The second kappa shape index (κ2) is 8.35. The van der Waals surface area contributed by atoms with Crippen molar-refractivity contribution in [1.29, 1.82) is 0 Å². The highest BCUT2D eigenvalue weighted by Crippen LogP contribution is 2.05. The van der Waals surface area contributed by atoms with Crippen LogP contribution >= 0.6 is 0 Å². The van der Waals surface area contributed by atoms with Gasteiger partial charge < -0.3 is 10.1 Å². The molecule has 114 valence electrons. The van der Waals surface area contributed by atoms with Crippen LogP contribution in [0.3, 0.4) is 0 Å². The lowest BCUT2D eigenvalue weighted by atomic mass is 10.1. The van der Waals surface area contributed by atoms with Gasteiger partial charge in [0.25, 0.3) is 0 Å². The van der Waals surface area contributed by atoms with Gasteiger partial charge in [0.05, 0.1) is 6.61 Å². The maximum absolute atomic E-state index is 5.35. The van der Waals surface area contributed by atoms with Crippen LogP contribution in [-0.4, -0.2) is 55.3 Å². The molecule has 0 fully saturated rings. The van der Waals surface area contributed by atoms with Crippen LogP contribution in [0.25, 0.3) is 0 Å². The van der Waals surface area contributed by atoms with Crippen molar-refractivity contribution in [2.75, 3.05) is 33.9 Å². The van der Waals surface area contributed by atoms with Gasteiger partial charge in [-0.1, -0.05) is 0 Å². The van der Waals surface area contributed by atoms with Crippen LogP contribution in [0, 0.1) is 0 Å². The van der Waals surface area contributed by atoms with Crippen molar-refractivity contribution >= 4 is 0 Å².